The van der Waals surface area contributed by atoms with E-state index < -0.39 is 22.7 Å². The van der Waals surface area contributed by atoms with Gasteiger partial charge in [0.1, 0.15) is 4.91 Å². The van der Waals surface area contributed by atoms with Crippen LogP contribution < -0.4 is 5.32 Å². The van der Waals surface area contributed by atoms with Gasteiger partial charge in [-0.15, -0.1) is 11.8 Å². The summed E-state index contributed by atoms with van der Waals surface area (Å²) >= 11 is 4.20. The Kier molecular flexibility index (Phi) is 5.62. The highest BCUT2D eigenvalue weighted by atomic mass is 79.9. The van der Waals surface area contributed by atoms with E-state index in [9.17, 15) is 18.0 Å². The highest BCUT2D eigenvalue weighted by Crippen LogP contribution is 2.38. The average molecular weight is 444 g/mol. The number of alkyl halides is 3. The minimum Gasteiger partial charge on any atom is -0.487 e. The molecule has 0 radical (unpaired) electrons. The van der Waals surface area contributed by atoms with Crippen LogP contribution in [0.15, 0.2) is 63.7 Å². The fourth-order valence-corrected chi connectivity index (χ4v) is 3.57. The normalized spacial score (nSPS) is 14.8. The summed E-state index contributed by atoms with van der Waals surface area (Å²) in [5.74, 6) is -1.77. The molecule has 2 aromatic rings. The van der Waals surface area contributed by atoms with Crippen LogP contribution in [0.25, 0.3) is 11.1 Å². The molecule has 2 aromatic carbocycles. The van der Waals surface area contributed by atoms with Crippen LogP contribution in [0.1, 0.15) is 0 Å². The first-order valence-corrected chi connectivity index (χ1v) is 9.37. The molecule has 0 aromatic heterocycles. The van der Waals surface area contributed by atoms with Gasteiger partial charge in [0.05, 0.1) is 6.61 Å². The van der Waals surface area contributed by atoms with Gasteiger partial charge in [-0.05, 0) is 23.8 Å². The first-order valence-electron chi connectivity index (χ1n) is 7.59. The molecule has 0 saturated heterocycles. The van der Waals surface area contributed by atoms with Crippen LogP contribution in [-0.2, 0) is 9.53 Å². The van der Waals surface area contributed by atoms with Crippen LogP contribution in [0.3, 0.4) is 0 Å². The minimum absolute atomic E-state index is 0.0776. The van der Waals surface area contributed by atoms with Crippen LogP contribution >= 0.6 is 27.7 Å². The van der Waals surface area contributed by atoms with E-state index in [1.54, 1.807) is 24.3 Å². The second-order valence-electron chi connectivity index (χ2n) is 5.36. The molecule has 0 fully saturated rings. The number of rotatable bonds is 3. The molecule has 1 aliphatic rings. The third kappa shape index (κ3) is 4.24. The van der Waals surface area contributed by atoms with Gasteiger partial charge in [0.2, 0.25) is 5.76 Å². The number of amides is 1. The Hall–Kier alpha value is -1.93. The fourth-order valence-electron chi connectivity index (χ4n) is 2.45. The van der Waals surface area contributed by atoms with Crippen molar-refractivity contribution in [1.29, 1.82) is 0 Å². The smallest absolute Gasteiger partial charge is 0.450 e. The number of hydrogen-bond donors (Lipinski definition) is 1. The predicted octanol–water partition coefficient (Wildman–Crippen LogP) is 5.59. The first-order chi connectivity index (χ1) is 12.4. The van der Waals surface area contributed by atoms with Gasteiger partial charge in [0.15, 0.2) is 0 Å². The van der Waals surface area contributed by atoms with E-state index in [-0.39, 0.29) is 12.4 Å². The van der Waals surface area contributed by atoms with Gasteiger partial charge in [-0.3, -0.25) is 4.79 Å². The van der Waals surface area contributed by atoms with Crippen molar-refractivity contribution in [3.05, 3.63) is 63.7 Å². The number of halogens is 4. The van der Waals surface area contributed by atoms with Gasteiger partial charge >= 0.3 is 6.18 Å². The van der Waals surface area contributed by atoms with Gasteiger partial charge in [-0.1, -0.05) is 46.3 Å². The van der Waals surface area contributed by atoms with E-state index in [1.807, 2.05) is 24.3 Å². The molecule has 26 heavy (non-hydrogen) atoms. The zero-order chi connectivity index (χ0) is 18.7. The quantitative estimate of drug-likeness (QED) is 0.671. The molecule has 3 nitrogen and oxygen atoms in total. The van der Waals surface area contributed by atoms with Crippen molar-refractivity contribution in [2.75, 3.05) is 17.7 Å². The standard InChI is InChI=1S/C18H13BrF3NO2S/c19-12-7-5-11(6-8-12)13-3-1-2-4-14(13)23-17(24)15-16(18(20,21)22)25-9-10-26-15/h1-8H,9-10H2,(H,23,24). The number of ether oxygens (including phenoxy) is 1. The number of para-hydroxylation sites is 1. The summed E-state index contributed by atoms with van der Waals surface area (Å²) in [6.45, 7) is -0.0776. The van der Waals surface area contributed by atoms with Crippen molar-refractivity contribution in [2.24, 2.45) is 0 Å². The molecule has 0 unspecified atom stereocenters. The van der Waals surface area contributed by atoms with Gasteiger partial charge in [0.25, 0.3) is 5.91 Å². The number of anilines is 1. The zero-order valence-corrected chi connectivity index (χ0v) is 15.7. The Morgan fingerprint density at radius 3 is 2.50 bits per heavy atom. The molecule has 0 saturated carbocycles. The maximum Gasteiger partial charge on any atom is 0.450 e. The molecule has 1 aliphatic heterocycles. The summed E-state index contributed by atoms with van der Waals surface area (Å²) < 4.78 is 44.9. The van der Waals surface area contributed by atoms with Crippen LogP contribution in [0.5, 0.6) is 0 Å². The molecule has 8 heteroatoms. The SMILES string of the molecule is O=C(Nc1ccccc1-c1ccc(Br)cc1)C1=C(C(F)(F)F)OCCS1. The number of thioether (sulfide) groups is 1. The molecule has 0 spiro atoms. The number of allylic oxidation sites excluding steroid dienone is 1. The Bertz CT molecular complexity index is 850. The van der Waals surface area contributed by atoms with Gasteiger partial charge in [-0.2, -0.15) is 13.2 Å². The second kappa shape index (κ2) is 7.75. The van der Waals surface area contributed by atoms with Crippen LogP contribution in [0.4, 0.5) is 18.9 Å². The van der Waals surface area contributed by atoms with Gasteiger partial charge < -0.3 is 10.1 Å². The molecule has 0 bridgehead atoms. The van der Waals surface area contributed by atoms with Crippen LogP contribution in [0, 0.1) is 0 Å². The van der Waals surface area contributed by atoms with E-state index in [1.165, 1.54) is 0 Å². The molecule has 1 amide bonds. The van der Waals surface area contributed by atoms with Crippen molar-refractivity contribution in [3.8, 4) is 11.1 Å². The van der Waals surface area contributed by atoms with E-state index in [2.05, 4.69) is 21.2 Å². The van der Waals surface area contributed by atoms with Crippen molar-refractivity contribution in [2.45, 2.75) is 6.18 Å². The molecule has 0 aliphatic carbocycles. The Labute approximate surface area is 160 Å². The molecule has 3 rings (SSSR count). The van der Waals surface area contributed by atoms with Crippen LogP contribution in [0.2, 0.25) is 0 Å². The summed E-state index contributed by atoms with van der Waals surface area (Å²) in [7, 11) is 0. The largest absolute Gasteiger partial charge is 0.487 e. The van der Waals surface area contributed by atoms with Gasteiger partial charge in [-0.25, -0.2) is 0 Å². The monoisotopic (exact) mass is 443 g/mol. The lowest BCUT2D eigenvalue weighted by Crippen LogP contribution is -2.26. The Balaban J connectivity index is 1.93. The number of carbonyl (C=O) groups excluding carboxylic acids is 1. The lowest BCUT2D eigenvalue weighted by Gasteiger charge is -2.22. The Morgan fingerprint density at radius 1 is 1.12 bits per heavy atom. The first kappa shape index (κ1) is 18.8. The summed E-state index contributed by atoms with van der Waals surface area (Å²) in [6, 6.07) is 14.4. The maximum atomic E-state index is 13.1. The highest BCUT2D eigenvalue weighted by molar-refractivity contribution is 9.10. The van der Waals surface area contributed by atoms with E-state index >= 15 is 0 Å². The predicted molar refractivity (Wildman–Crippen MR) is 99.7 cm³/mol. The average Bonchev–Trinajstić information content (AvgIpc) is 2.62. The number of nitrogens with one attached hydrogen (secondary N) is 1. The third-order valence-electron chi connectivity index (χ3n) is 3.58. The summed E-state index contributed by atoms with van der Waals surface area (Å²) in [6.07, 6.45) is -4.70. The van der Waals surface area contributed by atoms with Gasteiger partial charge in [0, 0.05) is 21.5 Å². The Morgan fingerprint density at radius 2 is 1.81 bits per heavy atom. The van der Waals surface area contributed by atoms with E-state index in [0.29, 0.717) is 11.3 Å². The van der Waals surface area contributed by atoms with Crippen molar-refractivity contribution in [1.82, 2.24) is 0 Å². The van der Waals surface area contributed by atoms with E-state index in [4.69, 9.17) is 4.74 Å². The van der Waals surface area contributed by atoms with Crippen molar-refractivity contribution in [3.63, 3.8) is 0 Å². The number of benzene rings is 2. The van der Waals surface area contributed by atoms with Crippen molar-refractivity contribution < 1.29 is 22.7 Å². The summed E-state index contributed by atoms with van der Waals surface area (Å²) in [4.78, 5) is 12.0. The highest BCUT2D eigenvalue weighted by Gasteiger charge is 2.42. The van der Waals surface area contributed by atoms with E-state index in [0.717, 1.165) is 21.8 Å². The zero-order valence-electron chi connectivity index (χ0n) is 13.3. The second-order valence-corrected chi connectivity index (χ2v) is 7.38. The molecule has 1 heterocycles. The lowest BCUT2D eigenvalue weighted by molar-refractivity contribution is -0.133. The minimum atomic E-state index is -4.70. The van der Waals surface area contributed by atoms with Crippen molar-refractivity contribution >= 4 is 39.3 Å². The maximum absolute atomic E-state index is 13.1. The summed E-state index contributed by atoms with van der Waals surface area (Å²) in [5, 5.41) is 2.59. The topological polar surface area (TPSA) is 38.3 Å². The van der Waals surface area contributed by atoms with Crippen LogP contribution in [-0.4, -0.2) is 24.4 Å². The molecular weight excluding hydrogens is 431 g/mol. The summed E-state index contributed by atoms with van der Waals surface area (Å²) in [5.41, 5.74) is 1.98. The fraction of sp³-hybridized carbons (Fsp3) is 0.167. The molecule has 0 atom stereocenters. The molecular formula is C18H13BrF3NO2S. The molecule has 1 N–H and O–H groups in total. The number of carbonyl (C=O) groups is 1. The number of hydrogen-bond acceptors (Lipinski definition) is 3. The lowest BCUT2D eigenvalue weighted by atomic mass is 10.0. The molecule has 136 valence electrons. The third-order valence-corrected chi connectivity index (χ3v) is 5.14.